The van der Waals surface area contributed by atoms with Crippen molar-refractivity contribution in [3.63, 3.8) is 0 Å². The van der Waals surface area contributed by atoms with Crippen molar-refractivity contribution in [2.45, 2.75) is 25.2 Å². The Bertz CT molecular complexity index is 453. The van der Waals surface area contributed by atoms with E-state index in [1.165, 1.54) is 0 Å². The highest BCUT2D eigenvalue weighted by molar-refractivity contribution is 5.83. The van der Waals surface area contributed by atoms with Crippen LogP contribution in [0.25, 0.3) is 0 Å². The molecule has 2 rings (SSSR count). The van der Waals surface area contributed by atoms with Gasteiger partial charge in [-0.05, 0) is 11.1 Å². The number of carbonyl (C=O) groups excluding carboxylic acids is 1. The normalized spacial score (nSPS) is 21.7. The van der Waals surface area contributed by atoms with Gasteiger partial charge in [-0.15, -0.1) is 0 Å². The lowest BCUT2D eigenvalue weighted by molar-refractivity contribution is -0.122. The van der Waals surface area contributed by atoms with Gasteiger partial charge in [0.15, 0.2) is 0 Å². The Labute approximate surface area is 102 Å². The third-order valence-corrected chi connectivity index (χ3v) is 3.12. The van der Waals surface area contributed by atoms with Gasteiger partial charge in [-0.2, -0.15) is 0 Å². The Morgan fingerprint density at radius 1 is 1.33 bits per heavy atom. The highest BCUT2D eigenvalue weighted by Crippen LogP contribution is 2.30. The van der Waals surface area contributed by atoms with E-state index >= 15 is 0 Å². The minimum Gasteiger partial charge on any atom is -0.369 e. The van der Waals surface area contributed by atoms with Gasteiger partial charge in [-0.3, -0.25) is 9.69 Å². The number of amides is 1. The number of hydrogen-bond donors (Lipinski definition) is 1. The van der Waals surface area contributed by atoms with Gasteiger partial charge in [0.2, 0.25) is 12.2 Å². The summed E-state index contributed by atoms with van der Waals surface area (Å²) in [7, 11) is 0. The minimum atomic E-state index is -3.09. The molecule has 1 aromatic carbocycles. The van der Waals surface area contributed by atoms with E-state index in [1.54, 1.807) is 24.3 Å². The fraction of sp³-hybridized carbons (Fsp3) is 0.417. The van der Waals surface area contributed by atoms with Crippen molar-refractivity contribution < 1.29 is 18.0 Å². The summed E-state index contributed by atoms with van der Waals surface area (Å²) in [5, 5.41) is 0. The summed E-state index contributed by atoms with van der Waals surface area (Å²) in [6.45, 7) is -0.0523. The molecule has 3 nitrogen and oxygen atoms in total. The van der Waals surface area contributed by atoms with Crippen LogP contribution in [0, 0.1) is 0 Å². The minimum absolute atomic E-state index is 0.0610. The Morgan fingerprint density at radius 3 is 2.61 bits per heavy atom. The number of hydrogen-bond acceptors (Lipinski definition) is 2. The van der Waals surface area contributed by atoms with E-state index in [1.807, 2.05) is 0 Å². The second-order valence-electron chi connectivity index (χ2n) is 4.29. The molecule has 1 aromatic rings. The highest BCUT2D eigenvalue weighted by atomic mass is 19.3. The van der Waals surface area contributed by atoms with Gasteiger partial charge in [0.25, 0.3) is 6.43 Å². The van der Waals surface area contributed by atoms with Crippen LogP contribution in [-0.2, 0) is 11.3 Å². The first-order valence-electron chi connectivity index (χ1n) is 5.54. The molecule has 0 radical (unpaired) electrons. The molecule has 1 amide bonds. The summed E-state index contributed by atoms with van der Waals surface area (Å²) in [4.78, 5) is 12.3. The van der Waals surface area contributed by atoms with Crippen LogP contribution < -0.4 is 5.73 Å². The van der Waals surface area contributed by atoms with Crippen molar-refractivity contribution in [2.75, 3.05) is 6.54 Å². The van der Waals surface area contributed by atoms with Crippen LogP contribution in [0.1, 0.15) is 17.0 Å². The molecule has 1 heterocycles. The highest BCUT2D eigenvalue weighted by Gasteiger charge is 2.35. The second kappa shape index (κ2) is 4.97. The predicted molar refractivity (Wildman–Crippen MR) is 59.7 cm³/mol. The molecule has 1 aliphatic heterocycles. The van der Waals surface area contributed by atoms with Gasteiger partial charge in [-0.1, -0.05) is 24.3 Å². The SMILES string of the molecule is NC(=O)C1CN(C(F)C(F)F)Cc2ccccc21. The number of carbonyl (C=O) groups is 1. The molecular weight excluding hydrogens is 245 g/mol. The van der Waals surface area contributed by atoms with E-state index in [0.717, 1.165) is 4.90 Å². The lowest BCUT2D eigenvalue weighted by Crippen LogP contribution is -2.45. The maximum atomic E-state index is 13.4. The fourth-order valence-corrected chi connectivity index (χ4v) is 2.22. The van der Waals surface area contributed by atoms with Crippen LogP contribution in [0.3, 0.4) is 0 Å². The molecule has 0 saturated carbocycles. The number of alkyl halides is 3. The van der Waals surface area contributed by atoms with Gasteiger partial charge in [0, 0.05) is 13.1 Å². The van der Waals surface area contributed by atoms with Crippen LogP contribution in [0.15, 0.2) is 24.3 Å². The maximum Gasteiger partial charge on any atom is 0.282 e. The molecule has 0 aromatic heterocycles. The molecule has 2 unspecified atom stereocenters. The van der Waals surface area contributed by atoms with Crippen molar-refractivity contribution in [3.8, 4) is 0 Å². The summed E-state index contributed by atoms with van der Waals surface area (Å²) < 4.78 is 38.1. The first-order chi connectivity index (χ1) is 8.50. The molecule has 0 fully saturated rings. The number of benzene rings is 1. The second-order valence-corrected chi connectivity index (χ2v) is 4.29. The monoisotopic (exact) mass is 258 g/mol. The molecule has 2 N–H and O–H groups in total. The molecule has 0 bridgehead atoms. The Hall–Kier alpha value is -1.56. The van der Waals surface area contributed by atoms with Crippen LogP contribution in [0.4, 0.5) is 13.2 Å². The van der Waals surface area contributed by atoms with Crippen molar-refractivity contribution >= 4 is 5.91 Å². The molecule has 0 saturated heterocycles. The summed E-state index contributed by atoms with van der Waals surface area (Å²) >= 11 is 0. The van der Waals surface area contributed by atoms with E-state index in [2.05, 4.69) is 0 Å². The molecule has 98 valence electrons. The standard InChI is InChI=1S/C12H13F3N2O/c13-10(14)11(15)17-5-7-3-1-2-4-8(7)9(6-17)12(16)18/h1-4,9-11H,5-6H2,(H2,16,18). The summed E-state index contributed by atoms with van der Waals surface area (Å²) in [6, 6.07) is 6.87. The first-order valence-corrected chi connectivity index (χ1v) is 5.54. The van der Waals surface area contributed by atoms with Crippen LogP contribution >= 0.6 is 0 Å². The quantitative estimate of drug-likeness (QED) is 0.838. The van der Waals surface area contributed by atoms with Crippen molar-refractivity contribution in [1.82, 2.24) is 4.90 Å². The molecule has 6 heteroatoms. The largest absolute Gasteiger partial charge is 0.369 e. The zero-order valence-corrected chi connectivity index (χ0v) is 9.52. The smallest absolute Gasteiger partial charge is 0.282 e. The van der Waals surface area contributed by atoms with Gasteiger partial charge in [0.05, 0.1) is 5.92 Å². The number of fused-ring (bicyclic) bond motifs is 1. The van der Waals surface area contributed by atoms with Crippen LogP contribution in [-0.4, -0.2) is 30.1 Å². The topological polar surface area (TPSA) is 46.3 Å². The average Bonchev–Trinajstić information content (AvgIpc) is 2.36. The summed E-state index contributed by atoms with van der Waals surface area (Å²) in [5.41, 5.74) is 6.60. The van der Waals surface area contributed by atoms with Crippen LogP contribution in [0.2, 0.25) is 0 Å². The van der Waals surface area contributed by atoms with Crippen molar-refractivity contribution in [3.05, 3.63) is 35.4 Å². The third kappa shape index (κ3) is 2.33. The predicted octanol–water partition coefficient (Wildman–Crippen LogP) is 1.63. The van der Waals surface area contributed by atoms with Gasteiger partial charge < -0.3 is 5.73 Å². The number of nitrogens with zero attached hydrogens (tertiary/aromatic N) is 1. The zero-order chi connectivity index (χ0) is 13.3. The van der Waals surface area contributed by atoms with E-state index in [4.69, 9.17) is 5.73 Å². The Morgan fingerprint density at radius 2 is 2.00 bits per heavy atom. The molecule has 0 aliphatic carbocycles. The van der Waals surface area contributed by atoms with E-state index in [-0.39, 0.29) is 13.1 Å². The molecule has 18 heavy (non-hydrogen) atoms. The Balaban J connectivity index is 2.31. The molecular formula is C12H13F3N2O. The van der Waals surface area contributed by atoms with E-state index in [9.17, 15) is 18.0 Å². The first kappa shape index (κ1) is 12.9. The zero-order valence-electron chi connectivity index (χ0n) is 9.52. The molecule has 0 spiro atoms. The van der Waals surface area contributed by atoms with Crippen LogP contribution in [0.5, 0.6) is 0 Å². The Kier molecular flexibility index (Phi) is 3.56. The average molecular weight is 258 g/mol. The lowest BCUT2D eigenvalue weighted by atomic mass is 9.89. The van der Waals surface area contributed by atoms with Crippen molar-refractivity contribution in [1.29, 1.82) is 0 Å². The lowest BCUT2D eigenvalue weighted by Gasteiger charge is -2.34. The van der Waals surface area contributed by atoms with E-state index < -0.39 is 24.5 Å². The maximum absolute atomic E-state index is 13.4. The number of rotatable bonds is 3. The van der Waals surface area contributed by atoms with Gasteiger partial charge in [-0.25, -0.2) is 13.2 Å². The molecule has 2 atom stereocenters. The number of primary amides is 1. The van der Waals surface area contributed by atoms with E-state index in [0.29, 0.717) is 11.1 Å². The summed E-state index contributed by atoms with van der Waals surface area (Å²) in [5.74, 6) is -1.37. The summed E-state index contributed by atoms with van der Waals surface area (Å²) in [6.07, 6.45) is -5.47. The number of nitrogens with two attached hydrogens (primary N) is 1. The number of halogens is 3. The third-order valence-electron chi connectivity index (χ3n) is 3.12. The van der Waals surface area contributed by atoms with Crippen molar-refractivity contribution in [2.24, 2.45) is 5.73 Å². The molecule has 1 aliphatic rings. The fourth-order valence-electron chi connectivity index (χ4n) is 2.22. The van der Waals surface area contributed by atoms with Gasteiger partial charge >= 0.3 is 0 Å². The van der Waals surface area contributed by atoms with Gasteiger partial charge in [0.1, 0.15) is 0 Å².